The number of aromatic nitrogens is 1. The molecule has 35 heavy (non-hydrogen) atoms. The van der Waals surface area contributed by atoms with Gasteiger partial charge >= 0.3 is 0 Å². The number of pyridine rings is 1. The standard InChI is InChI=1S/C27H34N8/c1-19-22(12-15-35(19)3)20-16-26(32-17-20)25-9-5-8-24(34-25)23(29-2)10-13-30-18-33-27(28)11-14-31-21-6-4-7-21/h5,8-11,13-14,16,21-22,31H,1-2,4,6-7,12,15,17-18H2,3H3,(H2,28,33)/b14-11-,23-10-,30-13?. The lowest BCUT2D eigenvalue weighted by molar-refractivity contribution is 0.373. The summed E-state index contributed by atoms with van der Waals surface area (Å²) in [6.07, 6.45) is 14.0. The van der Waals surface area contributed by atoms with Crippen LogP contribution in [-0.4, -0.2) is 67.2 Å². The highest BCUT2D eigenvalue weighted by molar-refractivity contribution is 6.09. The molecule has 3 N–H and O–H groups in total. The molecule has 4 rings (SSSR count). The molecule has 182 valence electrons. The fourth-order valence-corrected chi connectivity index (χ4v) is 4.24. The van der Waals surface area contributed by atoms with E-state index in [2.05, 4.69) is 51.6 Å². The maximum atomic E-state index is 5.89. The molecule has 2 aliphatic heterocycles. The Labute approximate surface area is 207 Å². The second-order valence-corrected chi connectivity index (χ2v) is 8.98. The summed E-state index contributed by atoms with van der Waals surface area (Å²) in [5.41, 5.74) is 11.4. The average Bonchev–Trinajstić information content (AvgIpc) is 3.45. The van der Waals surface area contributed by atoms with Crippen molar-refractivity contribution in [1.29, 1.82) is 0 Å². The van der Waals surface area contributed by atoms with Crippen molar-refractivity contribution in [3.8, 4) is 0 Å². The van der Waals surface area contributed by atoms with E-state index in [1.165, 1.54) is 30.5 Å². The van der Waals surface area contributed by atoms with E-state index in [1.807, 2.05) is 24.4 Å². The number of aliphatic imine (C=N–C) groups is 4. The first kappa shape index (κ1) is 24.3. The maximum Gasteiger partial charge on any atom is 0.131 e. The van der Waals surface area contributed by atoms with Gasteiger partial charge in [-0.05, 0) is 68.3 Å². The number of rotatable bonds is 10. The first-order valence-electron chi connectivity index (χ1n) is 12.1. The summed E-state index contributed by atoms with van der Waals surface area (Å²) >= 11 is 0. The van der Waals surface area contributed by atoms with Crippen LogP contribution in [0.25, 0.3) is 5.70 Å². The van der Waals surface area contributed by atoms with Gasteiger partial charge in [0.15, 0.2) is 0 Å². The second kappa shape index (κ2) is 11.6. The molecule has 1 unspecified atom stereocenters. The third-order valence-electron chi connectivity index (χ3n) is 6.66. The van der Waals surface area contributed by atoms with Gasteiger partial charge in [-0.3, -0.25) is 15.0 Å². The molecular weight excluding hydrogens is 436 g/mol. The van der Waals surface area contributed by atoms with Gasteiger partial charge in [-0.15, -0.1) is 0 Å². The molecule has 3 heterocycles. The number of nitrogens with zero attached hydrogens (tertiary/aromatic N) is 6. The number of allylic oxidation sites excluding steroid dienone is 3. The average molecular weight is 471 g/mol. The van der Waals surface area contributed by atoms with Crippen molar-refractivity contribution in [2.45, 2.75) is 31.7 Å². The highest BCUT2D eigenvalue weighted by Crippen LogP contribution is 2.33. The summed E-state index contributed by atoms with van der Waals surface area (Å²) in [6, 6.07) is 6.41. The Kier molecular flexibility index (Phi) is 8.03. The molecule has 1 aromatic rings. The van der Waals surface area contributed by atoms with Crippen molar-refractivity contribution in [2.24, 2.45) is 31.6 Å². The molecule has 0 spiro atoms. The maximum absolute atomic E-state index is 5.89. The van der Waals surface area contributed by atoms with Crippen molar-refractivity contribution in [1.82, 2.24) is 15.2 Å². The number of hydrogen-bond acceptors (Lipinski definition) is 7. The van der Waals surface area contributed by atoms with E-state index >= 15 is 0 Å². The van der Waals surface area contributed by atoms with E-state index in [1.54, 1.807) is 18.4 Å². The highest BCUT2D eigenvalue weighted by Gasteiger charge is 2.28. The fraction of sp³-hybridized carbons (Fsp3) is 0.370. The minimum absolute atomic E-state index is 0.236. The van der Waals surface area contributed by atoms with Gasteiger partial charge in [-0.1, -0.05) is 12.6 Å². The van der Waals surface area contributed by atoms with E-state index in [9.17, 15) is 0 Å². The minimum atomic E-state index is 0.236. The molecule has 0 amide bonds. The van der Waals surface area contributed by atoms with E-state index in [-0.39, 0.29) is 6.67 Å². The minimum Gasteiger partial charge on any atom is -0.388 e. The van der Waals surface area contributed by atoms with Crippen LogP contribution in [0.5, 0.6) is 0 Å². The third-order valence-corrected chi connectivity index (χ3v) is 6.66. The SMILES string of the molecule is C=N/C(=C\C=NCN=C(N)/C=C\NC1CCC1)c1cccc(C2=NCC(C3CCN(C)C3=C)=C2)n1. The Morgan fingerprint density at radius 2 is 2.17 bits per heavy atom. The van der Waals surface area contributed by atoms with E-state index in [0.29, 0.717) is 35.7 Å². The van der Waals surface area contributed by atoms with Crippen LogP contribution in [0, 0.1) is 5.92 Å². The number of nitrogens with one attached hydrogen (secondary N) is 1. The van der Waals surface area contributed by atoms with Crippen molar-refractivity contribution in [2.75, 3.05) is 26.8 Å². The first-order chi connectivity index (χ1) is 17.0. The summed E-state index contributed by atoms with van der Waals surface area (Å²) in [7, 11) is 2.09. The fourth-order valence-electron chi connectivity index (χ4n) is 4.24. The number of likely N-dealkylation sites (tertiary alicyclic amines) is 1. The summed E-state index contributed by atoms with van der Waals surface area (Å²) in [4.78, 5) is 24.4. The van der Waals surface area contributed by atoms with Gasteiger partial charge in [0.05, 0.1) is 29.3 Å². The molecule has 1 saturated carbocycles. The normalized spacial score (nSPS) is 21.6. The molecule has 1 saturated heterocycles. The van der Waals surface area contributed by atoms with Gasteiger partial charge in [-0.2, -0.15) is 0 Å². The summed E-state index contributed by atoms with van der Waals surface area (Å²) in [6.45, 7) is 9.91. The van der Waals surface area contributed by atoms with Crippen LogP contribution in [0.2, 0.25) is 0 Å². The summed E-state index contributed by atoms with van der Waals surface area (Å²) in [5.74, 6) is 0.809. The van der Waals surface area contributed by atoms with Gasteiger partial charge in [0.25, 0.3) is 0 Å². The number of nitrogens with two attached hydrogens (primary N) is 1. The smallest absolute Gasteiger partial charge is 0.131 e. The van der Waals surface area contributed by atoms with Crippen molar-refractivity contribution in [3.63, 3.8) is 0 Å². The predicted octanol–water partition coefficient (Wildman–Crippen LogP) is 3.36. The predicted molar refractivity (Wildman–Crippen MR) is 146 cm³/mol. The van der Waals surface area contributed by atoms with Crippen LogP contribution in [0.1, 0.15) is 37.1 Å². The molecule has 0 radical (unpaired) electrons. The molecule has 0 bridgehead atoms. The molecule has 8 nitrogen and oxygen atoms in total. The Bertz CT molecular complexity index is 1130. The monoisotopic (exact) mass is 470 g/mol. The Hall–Kier alpha value is -3.81. The van der Waals surface area contributed by atoms with Crippen LogP contribution >= 0.6 is 0 Å². The number of amidine groups is 1. The van der Waals surface area contributed by atoms with Crippen LogP contribution in [0.4, 0.5) is 0 Å². The molecule has 3 aliphatic rings. The molecule has 0 aromatic carbocycles. The molecular formula is C27H34N8. The molecule has 2 fully saturated rings. The Morgan fingerprint density at radius 1 is 1.31 bits per heavy atom. The Balaban J connectivity index is 1.36. The molecule has 1 aromatic heterocycles. The van der Waals surface area contributed by atoms with Gasteiger partial charge < -0.3 is 16.0 Å². The first-order valence-corrected chi connectivity index (χ1v) is 12.1. The zero-order valence-electron chi connectivity index (χ0n) is 20.4. The molecule has 8 heteroatoms. The van der Waals surface area contributed by atoms with E-state index in [4.69, 9.17) is 15.7 Å². The summed E-state index contributed by atoms with van der Waals surface area (Å²) < 4.78 is 0. The van der Waals surface area contributed by atoms with E-state index < -0.39 is 0 Å². The van der Waals surface area contributed by atoms with Gasteiger partial charge in [0.2, 0.25) is 0 Å². The summed E-state index contributed by atoms with van der Waals surface area (Å²) in [5, 5.41) is 3.30. The second-order valence-electron chi connectivity index (χ2n) is 8.98. The van der Waals surface area contributed by atoms with Crippen molar-refractivity contribution >= 4 is 30.2 Å². The third kappa shape index (κ3) is 6.20. The highest BCUT2D eigenvalue weighted by atomic mass is 15.1. The zero-order chi connectivity index (χ0) is 24.6. The number of hydrogen-bond donors (Lipinski definition) is 2. The van der Waals surface area contributed by atoms with Crippen LogP contribution in [0.15, 0.2) is 80.4 Å². The lowest BCUT2D eigenvalue weighted by Gasteiger charge is -2.25. The molecule has 1 atom stereocenters. The van der Waals surface area contributed by atoms with Crippen molar-refractivity contribution in [3.05, 3.63) is 71.9 Å². The largest absolute Gasteiger partial charge is 0.388 e. The van der Waals surface area contributed by atoms with Crippen LogP contribution in [0.3, 0.4) is 0 Å². The van der Waals surface area contributed by atoms with Crippen LogP contribution < -0.4 is 11.1 Å². The van der Waals surface area contributed by atoms with Gasteiger partial charge in [0.1, 0.15) is 12.5 Å². The zero-order valence-corrected chi connectivity index (χ0v) is 20.4. The van der Waals surface area contributed by atoms with Crippen molar-refractivity contribution < 1.29 is 0 Å². The van der Waals surface area contributed by atoms with Gasteiger partial charge in [-0.25, -0.2) is 9.98 Å². The Morgan fingerprint density at radius 3 is 2.89 bits per heavy atom. The lowest BCUT2D eigenvalue weighted by atomic mass is 9.93. The van der Waals surface area contributed by atoms with Gasteiger partial charge in [0, 0.05) is 43.7 Å². The van der Waals surface area contributed by atoms with Crippen LogP contribution in [-0.2, 0) is 0 Å². The topological polar surface area (TPSA) is 104 Å². The quantitative estimate of drug-likeness (QED) is 0.404. The molecule has 1 aliphatic carbocycles. The lowest BCUT2D eigenvalue weighted by Crippen LogP contribution is -2.31. The van der Waals surface area contributed by atoms with E-state index in [0.717, 1.165) is 24.4 Å².